The summed E-state index contributed by atoms with van der Waals surface area (Å²) in [6.45, 7) is 11.8. The molecule has 1 fully saturated rings. The first-order chi connectivity index (χ1) is 10.3. The molecule has 1 rings (SSSR count). The van der Waals surface area contributed by atoms with Crippen LogP contribution >= 0.6 is 0 Å². The zero-order valence-corrected chi connectivity index (χ0v) is 14.9. The molecule has 0 spiro atoms. The van der Waals surface area contributed by atoms with Crippen molar-refractivity contribution in [2.75, 3.05) is 19.8 Å². The van der Waals surface area contributed by atoms with Crippen LogP contribution in [0.5, 0.6) is 0 Å². The first-order valence-electron chi connectivity index (χ1n) is 8.62. The minimum Gasteiger partial charge on any atom is -0.444 e. The summed E-state index contributed by atoms with van der Waals surface area (Å²) in [6.07, 6.45) is 4.70. The quantitative estimate of drug-likeness (QED) is 0.723. The Kier molecular flexibility index (Phi) is 8.18. The summed E-state index contributed by atoms with van der Waals surface area (Å²) >= 11 is 0. The number of carbonyl (C=O) groups excluding carboxylic acids is 1. The van der Waals surface area contributed by atoms with Crippen LogP contribution in [-0.2, 0) is 9.47 Å². The van der Waals surface area contributed by atoms with E-state index in [2.05, 4.69) is 17.6 Å². The lowest BCUT2D eigenvalue weighted by Gasteiger charge is -2.29. The van der Waals surface area contributed by atoms with Gasteiger partial charge in [0.25, 0.3) is 0 Å². The number of hydrogen-bond donors (Lipinski definition) is 2. The van der Waals surface area contributed by atoms with E-state index in [-0.39, 0.29) is 18.2 Å². The molecular weight excluding hydrogens is 280 g/mol. The summed E-state index contributed by atoms with van der Waals surface area (Å²) in [7, 11) is 0. The van der Waals surface area contributed by atoms with Crippen LogP contribution in [0.15, 0.2) is 0 Å². The summed E-state index contributed by atoms with van der Waals surface area (Å²) in [5, 5.41) is 6.53. The Hall–Kier alpha value is -0.810. The van der Waals surface area contributed by atoms with Crippen LogP contribution in [0, 0.1) is 5.92 Å². The summed E-state index contributed by atoms with van der Waals surface area (Å²) in [4.78, 5) is 11.9. The van der Waals surface area contributed by atoms with Crippen molar-refractivity contribution in [1.29, 1.82) is 0 Å². The predicted molar refractivity (Wildman–Crippen MR) is 89.1 cm³/mol. The van der Waals surface area contributed by atoms with Crippen molar-refractivity contribution in [2.24, 2.45) is 5.92 Å². The van der Waals surface area contributed by atoms with E-state index in [0.717, 1.165) is 6.61 Å². The fourth-order valence-electron chi connectivity index (χ4n) is 2.94. The lowest BCUT2D eigenvalue weighted by Crippen LogP contribution is -2.50. The Balaban J connectivity index is 2.46. The van der Waals surface area contributed by atoms with Crippen LogP contribution < -0.4 is 10.6 Å². The summed E-state index contributed by atoms with van der Waals surface area (Å²) in [6, 6.07) is 0.566. The molecule has 2 atom stereocenters. The smallest absolute Gasteiger partial charge is 0.407 e. The molecule has 1 aliphatic rings. The third kappa shape index (κ3) is 7.99. The molecule has 0 radical (unpaired) electrons. The summed E-state index contributed by atoms with van der Waals surface area (Å²) in [5.41, 5.74) is -0.456. The third-order valence-corrected chi connectivity index (χ3v) is 3.90. The maximum atomic E-state index is 11.9. The van der Waals surface area contributed by atoms with Crippen molar-refractivity contribution in [3.05, 3.63) is 0 Å². The molecule has 1 saturated carbocycles. The largest absolute Gasteiger partial charge is 0.444 e. The Bertz CT molecular complexity index is 322. The second kappa shape index (κ2) is 9.36. The minimum atomic E-state index is -0.456. The summed E-state index contributed by atoms with van der Waals surface area (Å²) in [5.74, 6) is 0.624. The number of hydrogen-bond acceptors (Lipinski definition) is 4. The molecule has 5 heteroatoms. The van der Waals surface area contributed by atoms with Crippen LogP contribution in [0.2, 0.25) is 0 Å². The van der Waals surface area contributed by atoms with Crippen LogP contribution in [-0.4, -0.2) is 43.5 Å². The molecule has 0 bridgehead atoms. The van der Waals surface area contributed by atoms with E-state index in [0.29, 0.717) is 19.1 Å². The lowest BCUT2D eigenvalue weighted by molar-refractivity contribution is 0.0514. The SMILES string of the molecule is CCOCC(C)NC(CNC(=O)OC(C)(C)C)C1CCCC1. The molecule has 0 aromatic rings. The van der Waals surface area contributed by atoms with E-state index in [4.69, 9.17) is 9.47 Å². The molecule has 130 valence electrons. The number of carbonyl (C=O) groups is 1. The fourth-order valence-corrected chi connectivity index (χ4v) is 2.94. The van der Waals surface area contributed by atoms with E-state index in [1.165, 1.54) is 25.7 Å². The molecule has 1 aliphatic carbocycles. The second-order valence-corrected chi connectivity index (χ2v) is 7.26. The molecule has 0 aromatic heterocycles. The molecule has 5 nitrogen and oxygen atoms in total. The van der Waals surface area contributed by atoms with E-state index in [1.54, 1.807) is 0 Å². The van der Waals surface area contributed by atoms with Crippen molar-refractivity contribution >= 4 is 6.09 Å². The van der Waals surface area contributed by atoms with Gasteiger partial charge in [0.05, 0.1) is 6.61 Å². The van der Waals surface area contributed by atoms with Gasteiger partial charge in [0.1, 0.15) is 5.60 Å². The van der Waals surface area contributed by atoms with Gasteiger partial charge in [-0.05, 0) is 53.4 Å². The Morgan fingerprint density at radius 3 is 2.45 bits per heavy atom. The van der Waals surface area contributed by atoms with Crippen LogP contribution in [0.25, 0.3) is 0 Å². The van der Waals surface area contributed by atoms with Gasteiger partial charge in [-0.2, -0.15) is 0 Å². The average molecular weight is 314 g/mol. The molecule has 0 aromatic carbocycles. The van der Waals surface area contributed by atoms with Gasteiger partial charge in [-0.1, -0.05) is 12.8 Å². The first-order valence-corrected chi connectivity index (χ1v) is 8.62. The average Bonchev–Trinajstić information content (AvgIpc) is 2.93. The Morgan fingerprint density at radius 2 is 1.91 bits per heavy atom. The highest BCUT2D eigenvalue weighted by Crippen LogP contribution is 2.27. The van der Waals surface area contributed by atoms with Crippen molar-refractivity contribution in [1.82, 2.24) is 10.6 Å². The molecule has 0 saturated heterocycles. The molecule has 22 heavy (non-hydrogen) atoms. The number of amides is 1. The fraction of sp³-hybridized carbons (Fsp3) is 0.941. The van der Waals surface area contributed by atoms with Gasteiger partial charge in [0.2, 0.25) is 0 Å². The third-order valence-electron chi connectivity index (χ3n) is 3.90. The minimum absolute atomic E-state index is 0.283. The molecule has 0 aliphatic heterocycles. The maximum absolute atomic E-state index is 11.9. The van der Waals surface area contributed by atoms with Gasteiger partial charge in [-0.15, -0.1) is 0 Å². The molecule has 1 amide bonds. The van der Waals surface area contributed by atoms with Crippen LogP contribution in [0.3, 0.4) is 0 Å². The number of ether oxygens (including phenoxy) is 2. The zero-order valence-electron chi connectivity index (χ0n) is 14.9. The van der Waals surface area contributed by atoms with Crippen molar-refractivity contribution in [2.45, 2.75) is 78.0 Å². The van der Waals surface area contributed by atoms with Gasteiger partial charge in [-0.25, -0.2) is 4.79 Å². The van der Waals surface area contributed by atoms with E-state index >= 15 is 0 Å². The van der Waals surface area contributed by atoms with Gasteiger partial charge in [0, 0.05) is 25.2 Å². The molecule has 2 unspecified atom stereocenters. The normalized spacial score (nSPS) is 19.0. The number of rotatable bonds is 8. The Morgan fingerprint density at radius 1 is 1.27 bits per heavy atom. The maximum Gasteiger partial charge on any atom is 0.407 e. The highest BCUT2D eigenvalue weighted by Gasteiger charge is 2.27. The second-order valence-electron chi connectivity index (χ2n) is 7.26. The van der Waals surface area contributed by atoms with Crippen molar-refractivity contribution in [3.63, 3.8) is 0 Å². The first kappa shape index (κ1) is 19.2. The molecular formula is C17H34N2O3. The van der Waals surface area contributed by atoms with Crippen LogP contribution in [0.1, 0.15) is 60.3 Å². The van der Waals surface area contributed by atoms with Crippen molar-refractivity contribution < 1.29 is 14.3 Å². The Labute approximate surface area is 135 Å². The van der Waals surface area contributed by atoms with Crippen LogP contribution in [0.4, 0.5) is 4.79 Å². The topological polar surface area (TPSA) is 59.6 Å². The van der Waals surface area contributed by atoms with E-state index in [1.807, 2.05) is 27.7 Å². The predicted octanol–water partition coefficient (Wildman–Crippen LogP) is 3.08. The van der Waals surface area contributed by atoms with Crippen molar-refractivity contribution in [3.8, 4) is 0 Å². The van der Waals surface area contributed by atoms with Gasteiger partial charge in [-0.3, -0.25) is 0 Å². The number of nitrogens with one attached hydrogen (secondary N) is 2. The highest BCUT2D eigenvalue weighted by atomic mass is 16.6. The van der Waals surface area contributed by atoms with Gasteiger partial charge >= 0.3 is 6.09 Å². The standard InChI is InChI=1S/C17H34N2O3/c1-6-21-12-13(2)19-15(14-9-7-8-10-14)11-18-16(20)22-17(3,4)5/h13-15,19H,6-12H2,1-5H3,(H,18,20). The highest BCUT2D eigenvalue weighted by molar-refractivity contribution is 5.67. The monoisotopic (exact) mass is 314 g/mol. The zero-order chi connectivity index (χ0) is 16.6. The number of alkyl carbamates (subject to hydrolysis) is 1. The van der Waals surface area contributed by atoms with E-state index in [9.17, 15) is 4.79 Å². The van der Waals surface area contributed by atoms with Gasteiger partial charge in [0.15, 0.2) is 0 Å². The molecule has 2 N–H and O–H groups in total. The summed E-state index contributed by atoms with van der Waals surface area (Å²) < 4.78 is 10.8. The molecule has 0 heterocycles. The van der Waals surface area contributed by atoms with E-state index < -0.39 is 5.60 Å². The lowest BCUT2D eigenvalue weighted by atomic mass is 9.97. The van der Waals surface area contributed by atoms with Gasteiger partial charge < -0.3 is 20.1 Å².